The molecule has 2 fully saturated rings. The number of carbonyl (C=O) groups is 13. The fourth-order valence-electron chi connectivity index (χ4n) is 11.0. The lowest BCUT2D eigenvalue weighted by molar-refractivity contribution is -0.144. The molecular formula is C63H98N18O13S. The van der Waals surface area contributed by atoms with E-state index < -0.39 is 169 Å². The largest absolute Gasteiger partial charge is 0.370 e. The van der Waals surface area contributed by atoms with Crippen LogP contribution in [0.25, 0.3) is 0 Å². The molecule has 32 heteroatoms. The Morgan fingerprint density at radius 2 is 1.01 bits per heavy atom. The highest BCUT2D eigenvalue weighted by Crippen LogP contribution is 2.24. The number of guanidine groups is 1. The zero-order chi connectivity index (χ0) is 70.1. The molecule has 2 heterocycles. The lowest BCUT2D eigenvalue weighted by Gasteiger charge is -2.32. The number of hydrogen-bond acceptors (Lipinski definition) is 17. The van der Waals surface area contributed by atoms with E-state index in [1.165, 1.54) is 21.6 Å². The molecule has 95 heavy (non-hydrogen) atoms. The van der Waals surface area contributed by atoms with Crippen LogP contribution in [-0.2, 0) is 75.2 Å². The Morgan fingerprint density at radius 1 is 0.537 bits per heavy atom. The minimum atomic E-state index is -1.64. The zero-order valence-electron chi connectivity index (χ0n) is 54.5. The van der Waals surface area contributed by atoms with Crippen LogP contribution in [0.4, 0.5) is 0 Å². The van der Waals surface area contributed by atoms with Crippen molar-refractivity contribution in [2.45, 2.75) is 183 Å². The summed E-state index contributed by atoms with van der Waals surface area (Å²) in [6.07, 6.45) is 3.12. The molecule has 524 valence electrons. The van der Waals surface area contributed by atoms with Gasteiger partial charge in [0.05, 0.1) is 12.6 Å². The van der Waals surface area contributed by atoms with Crippen LogP contribution in [0.3, 0.4) is 0 Å². The minimum absolute atomic E-state index is 0.0736. The van der Waals surface area contributed by atoms with Crippen LogP contribution in [0.5, 0.6) is 0 Å². The summed E-state index contributed by atoms with van der Waals surface area (Å²) < 4.78 is 0. The van der Waals surface area contributed by atoms with Gasteiger partial charge in [0.15, 0.2) is 5.96 Å². The number of nitrogens with two attached hydrogens (primary N) is 7. The van der Waals surface area contributed by atoms with E-state index >= 15 is 0 Å². The summed E-state index contributed by atoms with van der Waals surface area (Å²) in [6.45, 7) is 3.86. The van der Waals surface area contributed by atoms with Crippen molar-refractivity contribution in [1.82, 2.24) is 52.3 Å². The van der Waals surface area contributed by atoms with E-state index in [0.717, 1.165) is 0 Å². The molecule has 2 aromatic rings. The Kier molecular flexibility index (Phi) is 33.9. The summed E-state index contributed by atoms with van der Waals surface area (Å²) in [4.78, 5) is 185. The second kappa shape index (κ2) is 41.0. The molecule has 2 aliphatic rings. The fraction of sp³-hybridized carbons (Fsp3) is 0.587. The first kappa shape index (κ1) is 78.5. The molecule has 2 aliphatic heterocycles. The van der Waals surface area contributed by atoms with Crippen LogP contribution in [-0.4, -0.2) is 198 Å². The van der Waals surface area contributed by atoms with E-state index in [4.69, 9.17) is 40.1 Å². The number of nitrogens with zero attached hydrogens (tertiary/aromatic N) is 3. The highest BCUT2D eigenvalue weighted by molar-refractivity contribution is 7.98. The van der Waals surface area contributed by atoms with Crippen LogP contribution in [0.15, 0.2) is 65.7 Å². The van der Waals surface area contributed by atoms with Gasteiger partial charge in [0.1, 0.15) is 54.4 Å². The van der Waals surface area contributed by atoms with E-state index in [9.17, 15) is 62.3 Å². The summed E-state index contributed by atoms with van der Waals surface area (Å²) in [6, 6.07) is 4.51. The van der Waals surface area contributed by atoms with E-state index in [1.54, 1.807) is 60.7 Å². The lowest BCUT2D eigenvalue weighted by Crippen LogP contribution is -2.60. The van der Waals surface area contributed by atoms with Crippen molar-refractivity contribution in [3.8, 4) is 0 Å². The average Bonchev–Trinajstić information content (AvgIpc) is 1.74. The predicted octanol–water partition coefficient (Wildman–Crippen LogP) is -3.71. The van der Waals surface area contributed by atoms with Crippen molar-refractivity contribution in [2.24, 2.45) is 51.0 Å². The maximum atomic E-state index is 14.7. The monoisotopic (exact) mass is 1350 g/mol. The van der Waals surface area contributed by atoms with Gasteiger partial charge in [-0.2, -0.15) is 11.8 Å². The van der Waals surface area contributed by atoms with Crippen LogP contribution >= 0.6 is 11.8 Å². The first-order valence-electron chi connectivity index (χ1n) is 32.2. The summed E-state index contributed by atoms with van der Waals surface area (Å²) in [5.74, 6) is -9.80. The number of hydrogen-bond donors (Lipinski definition) is 15. The van der Waals surface area contributed by atoms with Gasteiger partial charge in [-0.25, -0.2) is 0 Å². The van der Waals surface area contributed by atoms with E-state index in [0.29, 0.717) is 55.4 Å². The van der Waals surface area contributed by atoms with E-state index in [2.05, 4.69) is 47.5 Å². The molecule has 0 aromatic heterocycles. The Bertz CT molecular complexity index is 2960. The van der Waals surface area contributed by atoms with Crippen molar-refractivity contribution in [3.63, 3.8) is 0 Å². The first-order valence-corrected chi connectivity index (χ1v) is 33.6. The fourth-order valence-corrected chi connectivity index (χ4v) is 11.5. The van der Waals surface area contributed by atoms with Gasteiger partial charge >= 0.3 is 0 Å². The number of thioether (sulfide) groups is 1. The molecule has 0 spiro atoms. The van der Waals surface area contributed by atoms with Gasteiger partial charge in [-0.1, -0.05) is 74.5 Å². The van der Waals surface area contributed by atoms with Crippen LogP contribution in [0.2, 0.25) is 0 Å². The zero-order valence-corrected chi connectivity index (χ0v) is 55.3. The average molecular weight is 1350 g/mol. The number of carbonyl (C=O) groups excluding carboxylic acids is 13. The summed E-state index contributed by atoms with van der Waals surface area (Å²) in [5.41, 5.74) is 40.6. The third-order valence-corrected chi connectivity index (χ3v) is 16.7. The number of aliphatic imine (C=N–C) groups is 1. The number of unbranched alkanes of at least 4 members (excludes halogenated alkanes) is 1. The van der Waals surface area contributed by atoms with Gasteiger partial charge in [-0.15, -0.1) is 0 Å². The highest BCUT2D eigenvalue weighted by atomic mass is 32.2. The molecule has 0 saturated carbocycles. The Morgan fingerprint density at radius 3 is 1.51 bits per heavy atom. The van der Waals surface area contributed by atoms with Crippen LogP contribution in [0, 0.1) is 5.92 Å². The van der Waals surface area contributed by atoms with Crippen molar-refractivity contribution in [2.75, 3.05) is 44.7 Å². The Labute approximate surface area is 558 Å². The van der Waals surface area contributed by atoms with Crippen LogP contribution < -0.4 is 82.7 Å². The van der Waals surface area contributed by atoms with Gasteiger partial charge in [0.2, 0.25) is 76.8 Å². The second-order valence-corrected chi connectivity index (χ2v) is 25.1. The quantitative estimate of drug-likeness (QED) is 0.0173. The Hall–Kier alpha value is -8.91. The van der Waals surface area contributed by atoms with Crippen molar-refractivity contribution in [3.05, 3.63) is 71.8 Å². The normalized spacial score (nSPS) is 16.8. The molecule has 31 nitrogen and oxygen atoms in total. The maximum absolute atomic E-state index is 14.7. The molecule has 0 aliphatic carbocycles. The van der Waals surface area contributed by atoms with E-state index in [-0.39, 0.29) is 83.0 Å². The minimum Gasteiger partial charge on any atom is -0.370 e. The standard InChI is InChI=1S/C63H98N18O13S/c1-37(2)33-45(57(89)74-41(53(68)85)27-32-95-3)73-52(84)36-72-54(86)46(34-38-15-6-4-7-16-38)78-58(90)47(35-39-17-8-5-9-18-39)79-56(88)42(23-25-50(66)82)75-55(87)43(24-26-51(67)83)76-59(91)49-22-14-31-81(49)62(94)44(20-10-11-28-64)77-60(92)48-21-13-30-80(48)61(93)40(65)19-12-29-71-63(69)70/h4-9,15-18,37,40-49H,10-14,19-36,64-65H2,1-3H3,(H2,66,82)(H2,67,83)(H2,68,85)(H,72,86)(H,73,84)(H,74,89)(H,75,87)(H,76,91)(H,77,92)(H,78,90)(H,79,88)(H4,69,70,71)/t40-,41-,42-,43-,44+,45-,46-,47-,48+,49-/m0/s1. The van der Waals surface area contributed by atoms with Crippen LogP contribution in [0.1, 0.15) is 121 Å². The number of benzene rings is 2. The first-order chi connectivity index (χ1) is 45.2. The van der Waals surface area contributed by atoms with Gasteiger partial charge < -0.3 is 92.5 Å². The second-order valence-electron chi connectivity index (χ2n) is 24.1. The predicted molar refractivity (Wildman–Crippen MR) is 356 cm³/mol. The Balaban J connectivity index is 1.56. The van der Waals surface area contributed by atoms with Gasteiger partial charge in [-0.3, -0.25) is 67.3 Å². The topological polar surface area (TPSA) is 519 Å². The van der Waals surface area contributed by atoms with Crippen molar-refractivity contribution in [1.29, 1.82) is 0 Å². The smallest absolute Gasteiger partial charge is 0.245 e. The summed E-state index contributed by atoms with van der Waals surface area (Å²) in [5, 5.41) is 21.1. The van der Waals surface area contributed by atoms with Crippen molar-refractivity contribution < 1.29 is 62.3 Å². The van der Waals surface area contributed by atoms with Gasteiger partial charge in [0, 0.05) is 45.3 Å². The van der Waals surface area contributed by atoms with Gasteiger partial charge in [0.25, 0.3) is 0 Å². The molecule has 0 unspecified atom stereocenters. The SMILES string of the molecule is CSCC[C@H](NC(=O)[C@H](CC(C)C)NC(=O)CNC(=O)[C@H](Cc1ccccc1)NC(=O)[C@H](Cc1ccccc1)NC(=O)[C@H](CCC(N)=O)NC(=O)[C@H](CCC(N)=O)NC(=O)[C@@H]1CCCN1C(=O)[C@@H](CCCCN)NC(=O)[C@H]1CCCN1C(=O)[C@@H](N)CCCN=C(N)N)C(N)=O. The molecule has 13 amide bonds. The molecule has 22 N–H and O–H groups in total. The molecule has 10 atom stereocenters. The third kappa shape index (κ3) is 27.5. The lowest BCUT2D eigenvalue weighted by atomic mass is 10.0. The number of amides is 13. The molecule has 4 rings (SSSR count). The summed E-state index contributed by atoms with van der Waals surface area (Å²) in [7, 11) is 0. The molecule has 0 radical (unpaired) electrons. The van der Waals surface area contributed by atoms with Crippen molar-refractivity contribution >= 4 is 94.5 Å². The number of primary amides is 3. The number of rotatable bonds is 42. The molecule has 2 aromatic carbocycles. The molecule has 0 bridgehead atoms. The highest BCUT2D eigenvalue weighted by Gasteiger charge is 2.42. The third-order valence-electron chi connectivity index (χ3n) is 16.0. The number of nitrogens with one attached hydrogen (secondary N) is 8. The summed E-state index contributed by atoms with van der Waals surface area (Å²) >= 11 is 1.45. The van der Waals surface area contributed by atoms with E-state index in [1.807, 2.05) is 20.1 Å². The number of likely N-dealkylation sites (tertiary alicyclic amines) is 2. The van der Waals surface area contributed by atoms with Gasteiger partial charge in [-0.05, 0) is 119 Å². The maximum Gasteiger partial charge on any atom is 0.245 e. The molecular weight excluding hydrogens is 1250 g/mol. The molecule has 2 saturated heterocycles.